The Hall–Kier alpha value is -2.93. The topological polar surface area (TPSA) is 111 Å². The number of benzene rings is 1. The number of fused-ring (bicyclic) bond motifs is 1. The fraction of sp³-hybridized carbons (Fsp3) is 0.421. The Morgan fingerprint density at radius 3 is 2.00 bits per heavy atom. The number of halogens is 6. The zero-order valence-corrected chi connectivity index (χ0v) is 16.2. The Morgan fingerprint density at radius 1 is 0.969 bits per heavy atom. The van der Waals surface area contributed by atoms with Crippen molar-refractivity contribution >= 4 is 22.8 Å². The van der Waals surface area contributed by atoms with Gasteiger partial charge in [-0.05, 0) is 17.7 Å². The predicted molar refractivity (Wildman–Crippen MR) is 97.7 cm³/mol. The minimum absolute atomic E-state index is 0.234. The molecule has 2 rings (SSSR count). The van der Waals surface area contributed by atoms with Gasteiger partial charge in [0.05, 0.1) is 30.0 Å². The zero-order valence-electron chi connectivity index (χ0n) is 16.2. The van der Waals surface area contributed by atoms with E-state index in [0.29, 0.717) is 12.1 Å². The normalized spacial score (nSPS) is 13.5. The van der Waals surface area contributed by atoms with Gasteiger partial charge in [-0.1, -0.05) is 12.1 Å². The third-order valence-electron chi connectivity index (χ3n) is 4.54. The number of nitrogens with zero attached hydrogens (tertiary/aromatic N) is 2. The lowest BCUT2D eigenvalue weighted by molar-refractivity contribution is -0.142. The third kappa shape index (κ3) is 6.53. The van der Waals surface area contributed by atoms with Crippen molar-refractivity contribution in [2.24, 2.45) is 0 Å². The molecule has 1 aromatic carbocycles. The molecule has 32 heavy (non-hydrogen) atoms. The van der Waals surface area contributed by atoms with Crippen LogP contribution in [0.1, 0.15) is 35.8 Å². The van der Waals surface area contributed by atoms with E-state index in [9.17, 15) is 41.0 Å². The zero-order chi connectivity index (χ0) is 24.3. The van der Waals surface area contributed by atoms with Gasteiger partial charge in [0.15, 0.2) is 0 Å². The van der Waals surface area contributed by atoms with Crippen molar-refractivity contribution in [3.05, 3.63) is 41.1 Å². The van der Waals surface area contributed by atoms with Gasteiger partial charge in [0.2, 0.25) is 0 Å². The van der Waals surface area contributed by atoms with Crippen molar-refractivity contribution in [2.45, 2.75) is 31.3 Å². The highest BCUT2D eigenvalue weighted by molar-refractivity contribution is 5.86. The smallest absolute Gasteiger partial charge is 0.433 e. The van der Waals surface area contributed by atoms with Crippen molar-refractivity contribution in [3.8, 4) is 0 Å². The Bertz CT molecular complexity index is 975. The van der Waals surface area contributed by atoms with E-state index in [0.717, 1.165) is 12.1 Å². The lowest BCUT2D eigenvalue weighted by Crippen LogP contribution is -2.33. The molecule has 13 heteroatoms. The molecule has 0 saturated carbocycles. The van der Waals surface area contributed by atoms with E-state index in [4.69, 9.17) is 10.2 Å². The number of aromatic nitrogens is 1. The van der Waals surface area contributed by atoms with Gasteiger partial charge in [-0.25, -0.2) is 4.98 Å². The number of carboxylic acid groups (broad SMARTS) is 2. The minimum atomic E-state index is -5.10. The number of pyridine rings is 1. The monoisotopic (exact) mass is 468 g/mol. The first-order chi connectivity index (χ1) is 14.7. The van der Waals surface area contributed by atoms with Gasteiger partial charge in [0, 0.05) is 25.0 Å². The lowest BCUT2D eigenvalue weighted by Gasteiger charge is -2.25. The molecule has 2 aromatic rings. The second kappa shape index (κ2) is 9.69. The van der Waals surface area contributed by atoms with E-state index in [2.05, 4.69) is 4.98 Å². The maximum Gasteiger partial charge on any atom is 0.433 e. The number of para-hydroxylation sites is 1. The molecule has 0 aliphatic rings. The summed E-state index contributed by atoms with van der Waals surface area (Å²) in [6, 6.07) is 3.04. The summed E-state index contributed by atoms with van der Waals surface area (Å²) in [4.78, 5) is 26.0. The largest absolute Gasteiger partial charge is 0.481 e. The Balaban J connectivity index is 2.54. The van der Waals surface area contributed by atoms with Crippen molar-refractivity contribution in [1.29, 1.82) is 0 Å². The van der Waals surface area contributed by atoms with Crippen LogP contribution in [0, 0.1) is 0 Å². The first-order valence-corrected chi connectivity index (χ1v) is 9.12. The molecule has 176 valence electrons. The molecule has 0 radical (unpaired) electrons. The Morgan fingerprint density at radius 2 is 1.53 bits per heavy atom. The van der Waals surface area contributed by atoms with Crippen LogP contribution >= 0.6 is 0 Å². The standard InChI is InChI=1S/C19H18F6N2O5/c20-18(21,22)12-3-1-2-10-11(8-14(19(23,24)25)26-17(10)12)13(28)9-27(6-4-15(29)30)7-5-16(31)32/h1-3,8,13,28H,4-7,9H2,(H,29,30)(H,31,32). The van der Waals surface area contributed by atoms with Crippen LogP contribution in [0.3, 0.4) is 0 Å². The van der Waals surface area contributed by atoms with E-state index < -0.39 is 72.1 Å². The summed E-state index contributed by atoms with van der Waals surface area (Å²) in [6.07, 6.45) is -12.8. The number of rotatable bonds is 9. The van der Waals surface area contributed by atoms with Gasteiger partial charge in [0.1, 0.15) is 5.69 Å². The first kappa shape index (κ1) is 25.3. The summed E-state index contributed by atoms with van der Waals surface area (Å²) >= 11 is 0. The molecule has 1 aromatic heterocycles. The quantitative estimate of drug-likeness (QED) is 0.483. The van der Waals surface area contributed by atoms with Gasteiger partial charge < -0.3 is 15.3 Å². The number of carboxylic acids is 2. The highest BCUT2D eigenvalue weighted by Gasteiger charge is 2.38. The van der Waals surface area contributed by atoms with E-state index >= 15 is 0 Å². The number of hydrogen-bond donors (Lipinski definition) is 3. The van der Waals surface area contributed by atoms with Gasteiger partial charge in [0.25, 0.3) is 0 Å². The number of aliphatic hydroxyl groups excluding tert-OH is 1. The average Bonchev–Trinajstić information content (AvgIpc) is 2.66. The molecule has 0 bridgehead atoms. The molecule has 7 nitrogen and oxygen atoms in total. The van der Waals surface area contributed by atoms with Crippen LogP contribution in [0.2, 0.25) is 0 Å². The maximum atomic E-state index is 13.3. The lowest BCUT2D eigenvalue weighted by atomic mass is 9.99. The number of aliphatic hydroxyl groups is 1. The molecule has 0 aliphatic carbocycles. The summed E-state index contributed by atoms with van der Waals surface area (Å²) in [6.45, 7) is -0.974. The molecular weight excluding hydrogens is 450 g/mol. The van der Waals surface area contributed by atoms with E-state index in [1.165, 1.54) is 4.90 Å². The maximum absolute atomic E-state index is 13.3. The predicted octanol–water partition coefficient (Wildman–Crippen LogP) is 3.56. The molecule has 3 N–H and O–H groups in total. The van der Waals surface area contributed by atoms with Crippen LogP contribution < -0.4 is 0 Å². The van der Waals surface area contributed by atoms with Crippen LogP contribution in [0.25, 0.3) is 10.9 Å². The van der Waals surface area contributed by atoms with Crippen molar-refractivity contribution in [3.63, 3.8) is 0 Å². The van der Waals surface area contributed by atoms with Crippen LogP contribution in [0.15, 0.2) is 24.3 Å². The summed E-state index contributed by atoms with van der Waals surface area (Å²) in [7, 11) is 0. The Labute approximate surface area is 176 Å². The second-order valence-electron chi connectivity index (χ2n) is 6.90. The molecule has 1 heterocycles. The summed E-state index contributed by atoms with van der Waals surface area (Å²) in [5, 5.41) is 27.9. The summed E-state index contributed by atoms with van der Waals surface area (Å²) in [5.41, 5.74) is -4.54. The van der Waals surface area contributed by atoms with Gasteiger partial charge >= 0.3 is 24.3 Å². The first-order valence-electron chi connectivity index (χ1n) is 9.12. The van der Waals surface area contributed by atoms with Gasteiger partial charge in [-0.15, -0.1) is 0 Å². The molecular formula is C19H18F6N2O5. The van der Waals surface area contributed by atoms with Crippen LogP contribution in [0.4, 0.5) is 26.3 Å². The van der Waals surface area contributed by atoms with Crippen LogP contribution in [-0.2, 0) is 21.9 Å². The van der Waals surface area contributed by atoms with Gasteiger partial charge in [-0.2, -0.15) is 26.3 Å². The van der Waals surface area contributed by atoms with Crippen molar-refractivity contribution in [1.82, 2.24) is 9.88 Å². The number of hydrogen-bond acceptors (Lipinski definition) is 5. The highest BCUT2D eigenvalue weighted by atomic mass is 19.4. The number of alkyl halides is 6. The molecule has 0 aliphatic heterocycles. The van der Waals surface area contributed by atoms with Gasteiger partial charge in [-0.3, -0.25) is 14.5 Å². The van der Waals surface area contributed by atoms with E-state index in [1.54, 1.807) is 0 Å². The van der Waals surface area contributed by atoms with E-state index in [-0.39, 0.29) is 18.5 Å². The Kier molecular flexibility index (Phi) is 7.67. The van der Waals surface area contributed by atoms with Crippen molar-refractivity contribution < 1.29 is 51.3 Å². The third-order valence-corrected chi connectivity index (χ3v) is 4.54. The minimum Gasteiger partial charge on any atom is -0.481 e. The number of carbonyl (C=O) groups is 2. The SMILES string of the molecule is O=C(O)CCN(CCC(=O)O)CC(O)c1cc(C(F)(F)F)nc2c(C(F)(F)F)cccc12. The summed E-state index contributed by atoms with van der Waals surface area (Å²) < 4.78 is 79.9. The fourth-order valence-electron chi connectivity index (χ4n) is 3.07. The molecule has 1 atom stereocenters. The fourth-order valence-corrected chi connectivity index (χ4v) is 3.07. The summed E-state index contributed by atoms with van der Waals surface area (Å²) in [5.74, 6) is -2.47. The molecule has 0 fully saturated rings. The highest BCUT2D eigenvalue weighted by Crippen LogP contribution is 2.39. The van der Waals surface area contributed by atoms with Crippen LogP contribution in [0.5, 0.6) is 0 Å². The molecule has 0 saturated heterocycles. The second-order valence-corrected chi connectivity index (χ2v) is 6.90. The molecule has 0 spiro atoms. The average molecular weight is 468 g/mol. The molecule has 1 unspecified atom stereocenters. The van der Waals surface area contributed by atoms with Crippen LogP contribution in [-0.4, -0.2) is 56.8 Å². The van der Waals surface area contributed by atoms with E-state index in [1.807, 2.05) is 0 Å². The molecule has 0 amide bonds. The van der Waals surface area contributed by atoms with Crippen molar-refractivity contribution in [2.75, 3.05) is 19.6 Å². The number of aliphatic carboxylic acids is 2.